The van der Waals surface area contributed by atoms with E-state index < -0.39 is 6.04 Å². The van der Waals surface area contributed by atoms with E-state index in [0.29, 0.717) is 48.8 Å². The Kier molecular flexibility index (Phi) is 7.46. The molecule has 1 saturated carbocycles. The number of likely N-dealkylation sites (tertiary alicyclic amines) is 1. The molecule has 1 N–H and O–H groups in total. The number of fused-ring (bicyclic) bond motifs is 3. The van der Waals surface area contributed by atoms with Crippen LogP contribution in [0.2, 0.25) is 0 Å². The minimum atomic E-state index is -0.710. The van der Waals surface area contributed by atoms with Crippen molar-refractivity contribution < 1.29 is 23.9 Å². The summed E-state index contributed by atoms with van der Waals surface area (Å²) in [6.45, 7) is 4.70. The van der Waals surface area contributed by atoms with Crippen LogP contribution in [-0.2, 0) is 32.2 Å². The van der Waals surface area contributed by atoms with Gasteiger partial charge in [-0.2, -0.15) is 5.10 Å². The molecule has 2 amide bonds. The lowest BCUT2D eigenvalue weighted by Gasteiger charge is -2.27. The molecule has 3 aliphatic rings. The van der Waals surface area contributed by atoms with Crippen LogP contribution in [0.3, 0.4) is 0 Å². The molecule has 2 bridgehead atoms. The van der Waals surface area contributed by atoms with Crippen LogP contribution in [0.15, 0.2) is 61.1 Å². The number of hydrogen-bond donors (Lipinski definition) is 1. The maximum absolute atomic E-state index is 14.1. The van der Waals surface area contributed by atoms with Crippen LogP contribution in [0, 0.1) is 12.3 Å². The number of carbonyl (C=O) groups is 3. The highest BCUT2D eigenvalue weighted by atomic mass is 16.5. The lowest BCUT2D eigenvalue weighted by Crippen LogP contribution is -2.47. The Balaban J connectivity index is 1.19. The quantitative estimate of drug-likeness (QED) is 0.273. The molecule has 1 aliphatic carbocycles. The lowest BCUT2D eigenvalue weighted by atomic mass is 10.00. The average Bonchev–Trinajstić information content (AvgIpc) is 3.44. The number of pyridine rings is 1. The molecule has 12 nitrogen and oxygen atoms in total. The fourth-order valence-corrected chi connectivity index (χ4v) is 6.48. The minimum absolute atomic E-state index is 0.126. The first kappa shape index (κ1) is 28.9. The Morgan fingerprint density at radius 1 is 1.04 bits per heavy atom. The van der Waals surface area contributed by atoms with Crippen LogP contribution in [-0.4, -0.2) is 79.1 Å². The number of benzene rings is 1. The van der Waals surface area contributed by atoms with Gasteiger partial charge in [-0.3, -0.25) is 19.1 Å². The molecule has 4 aromatic rings. The van der Waals surface area contributed by atoms with Crippen molar-refractivity contribution in [2.75, 3.05) is 25.1 Å². The van der Waals surface area contributed by atoms with Gasteiger partial charge in [-0.25, -0.2) is 15.0 Å². The number of amides is 2. The maximum atomic E-state index is 14.1. The van der Waals surface area contributed by atoms with E-state index in [1.165, 1.54) is 6.92 Å². The number of nitrogens with zero attached hydrogens (tertiary/aromatic N) is 6. The van der Waals surface area contributed by atoms with Crippen LogP contribution in [0.5, 0.6) is 0 Å². The molecule has 2 aliphatic heterocycles. The second-order valence-electron chi connectivity index (χ2n) is 11.9. The number of Topliss-reactive ketones (excluding diaryl/α,β-unsaturated/α-hetero) is 1. The maximum Gasteiger partial charge on any atom is 0.248 e. The van der Waals surface area contributed by atoms with E-state index in [4.69, 9.17) is 9.47 Å². The molecule has 0 radical (unpaired) electrons. The van der Waals surface area contributed by atoms with Crippen LogP contribution in [0.1, 0.15) is 41.6 Å². The number of rotatable bonds is 4. The first-order valence-corrected chi connectivity index (χ1v) is 15.0. The van der Waals surface area contributed by atoms with Crippen molar-refractivity contribution in [3.05, 3.63) is 78.2 Å². The van der Waals surface area contributed by atoms with Crippen molar-refractivity contribution in [1.82, 2.24) is 29.6 Å². The van der Waals surface area contributed by atoms with Crippen molar-refractivity contribution in [3.8, 4) is 11.1 Å². The zero-order chi connectivity index (χ0) is 31.1. The van der Waals surface area contributed by atoms with Crippen molar-refractivity contribution in [2.45, 2.75) is 51.9 Å². The van der Waals surface area contributed by atoms with Crippen LogP contribution in [0.25, 0.3) is 22.0 Å². The predicted molar refractivity (Wildman–Crippen MR) is 164 cm³/mol. The lowest BCUT2D eigenvalue weighted by molar-refractivity contribution is -0.138. The molecule has 1 saturated heterocycles. The summed E-state index contributed by atoms with van der Waals surface area (Å²) in [5.74, 6) is 0.315. The van der Waals surface area contributed by atoms with E-state index in [9.17, 15) is 14.4 Å². The first-order valence-electron chi connectivity index (χ1n) is 15.0. The van der Waals surface area contributed by atoms with Crippen LogP contribution in [0.4, 0.5) is 5.82 Å². The second-order valence-corrected chi connectivity index (χ2v) is 11.9. The Bertz CT molecular complexity index is 1830. The highest BCUT2D eigenvalue weighted by molar-refractivity contribution is 6.06. The zero-order valence-corrected chi connectivity index (χ0v) is 25.1. The highest BCUT2D eigenvalue weighted by Crippen LogP contribution is 2.60. The first-order chi connectivity index (χ1) is 21.8. The molecule has 7 rings (SSSR count). The molecule has 3 aromatic heterocycles. The number of hydrogen-bond acceptors (Lipinski definition) is 9. The number of piperidine rings is 1. The summed E-state index contributed by atoms with van der Waals surface area (Å²) in [5, 5.41) is 8.17. The summed E-state index contributed by atoms with van der Waals surface area (Å²) in [6, 6.07) is 8.43. The molecule has 3 atom stereocenters. The van der Waals surface area contributed by atoms with Gasteiger partial charge >= 0.3 is 0 Å². The van der Waals surface area contributed by atoms with Gasteiger partial charge in [-0.1, -0.05) is 24.3 Å². The third-order valence-electron chi connectivity index (χ3n) is 8.87. The second kappa shape index (κ2) is 11.6. The van der Waals surface area contributed by atoms with Crippen LogP contribution >= 0.6 is 0 Å². The number of anilines is 1. The molecule has 1 aromatic carbocycles. The third-order valence-corrected chi connectivity index (χ3v) is 8.87. The largest absolute Gasteiger partial charge is 0.377 e. The molecule has 45 heavy (non-hydrogen) atoms. The van der Waals surface area contributed by atoms with Crippen molar-refractivity contribution in [3.63, 3.8) is 0 Å². The number of aryl methyl sites for hydroxylation is 1. The Labute approximate surface area is 259 Å². The summed E-state index contributed by atoms with van der Waals surface area (Å²) >= 11 is 0. The Morgan fingerprint density at radius 3 is 2.64 bits per heavy atom. The average molecular weight is 608 g/mol. The van der Waals surface area contributed by atoms with E-state index in [0.717, 1.165) is 23.1 Å². The highest BCUT2D eigenvalue weighted by Gasteiger charge is 2.67. The van der Waals surface area contributed by atoms with E-state index in [-0.39, 0.29) is 47.9 Å². The topological polar surface area (TPSA) is 141 Å². The van der Waals surface area contributed by atoms with Gasteiger partial charge in [0.2, 0.25) is 11.8 Å². The van der Waals surface area contributed by atoms with Gasteiger partial charge in [0.15, 0.2) is 5.78 Å². The summed E-state index contributed by atoms with van der Waals surface area (Å²) < 4.78 is 13.3. The normalized spacial score (nSPS) is 23.1. The smallest absolute Gasteiger partial charge is 0.248 e. The molecule has 230 valence electrons. The van der Waals surface area contributed by atoms with Gasteiger partial charge < -0.3 is 19.7 Å². The van der Waals surface area contributed by atoms with Gasteiger partial charge in [0.1, 0.15) is 29.9 Å². The number of ketones is 1. The predicted octanol–water partition coefficient (Wildman–Crippen LogP) is 3.50. The molecular weight excluding hydrogens is 574 g/mol. The summed E-state index contributed by atoms with van der Waals surface area (Å²) in [6.07, 6.45) is 10.2. The number of carbonyl (C=O) groups excluding carboxylic acids is 3. The Hall–Kier alpha value is -4.81. The summed E-state index contributed by atoms with van der Waals surface area (Å²) in [5.41, 5.74) is 3.02. The molecule has 2 fully saturated rings. The van der Waals surface area contributed by atoms with Gasteiger partial charge in [0, 0.05) is 53.5 Å². The van der Waals surface area contributed by atoms with E-state index in [1.807, 2.05) is 43.3 Å². The molecule has 1 spiro atoms. The monoisotopic (exact) mass is 607 g/mol. The minimum Gasteiger partial charge on any atom is -0.377 e. The van der Waals surface area contributed by atoms with E-state index in [2.05, 4.69) is 25.4 Å². The fourth-order valence-electron chi connectivity index (χ4n) is 6.48. The number of ether oxygens (including phenoxy) is 2. The van der Waals surface area contributed by atoms with Gasteiger partial charge in [0.05, 0.1) is 31.9 Å². The van der Waals surface area contributed by atoms with Gasteiger partial charge in [-0.05, 0) is 43.5 Å². The third kappa shape index (κ3) is 5.51. The number of nitrogens with one attached hydrogen (secondary N) is 1. The van der Waals surface area contributed by atoms with Crippen molar-refractivity contribution in [2.24, 2.45) is 5.41 Å². The zero-order valence-electron chi connectivity index (χ0n) is 25.1. The van der Waals surface area contributed by atoms with E-state index >= 15 is 0 Å². The van der Waals surface area contributed by atoms with Crippen molar-refractivity contribution in [1.29, 1.82) is 0 Å². The van der Waals surface area contributed by atoms with Crippen LogP contribution < -0.4 is 5.32 Å². The fraction of sp³-hybridized carbons (Fsp3) is 0.364. The summed E-state index contributed by atoms with van der Waals surface area (Å²) in [7, 11) is 0. The number of aromatic nitrogens is 5. The van der Waals surface area contributed by atoms with E-state index in [1.54, 1.807) is 34.2 Å². The SMILES string of the molecule is CC(=O)c1nn(CC(=O)N2C3C[C@@]34COCC=CCOCc3cccnc3NC(=O)[C@@H]2C4)c2ccc(-c3cnc(C)nc3)cc12. The van der Waals surface area contributed by atoms with Crippen molar-refractivity contribution >= 4 is 34.3 Å². The molecule has 5 heterocycles. The Morgan fingerprint density at radius 2 is 1.84 bits per heavy atom. The standard InChI is InChI=1S/C33H33N7O5/c1-20(41)30-25-12-22(24-15-35-21(2)36-16-24)7-8-26(25)39(38-30)17-29(42)40-27-13-33(14-28(33)40)19-45-11-4-3-10-44-18-23-6-5-9-34-31(23)37-32(27)43/h3-9,12,15-16,27-28H,10-11,13-14,17-19H2,1-2H3,(H,34,37,43)/t27-,28?,33-/m0/s1. The molecule has 1 unspecified atom stereocenters. The van der Waals surface area contributed by atoms with Gasteiger partial charge in [0.25, 0.3) is 0 Å². The van der Waals surface area contributed by atoms with Gasteiger partial charge in [-0.15, -0.1) is 0 Å². The summed E-state index contributed by atoms with van der Waals surface area (Å²) in [4.78, 5) is 55.2. The molecular formula is C33H33N7O5. The molecule has 12 heteroatoms.